The van der Waals surface area contributed by atoms with Crippen molar-refractivity contribution < 1.29 is 0 Å². The molecule has 3 aromatic rings. The van der Waals surface area contributed by atoms with Crippen molar-refractivity contribution in [3.63, 3.8) is 0 Å². The van der Waals surface area contributed by atoms with Crippen LogP contribution in [0.2, 0.25) is 13.1 Å². The van der Waals surface area contributed by atoms with Gasteiger partial charge in [0.25, 0.3) is 0 Å². The van der Waals surface area contributed by atoms with Gasteiger partial charge in [-0.05, 0) is 53.8 Å². The molecule has 1 aliphatic carbocycles. The van der Waals surface area contributed by atoms with Crippen LogP contribution in [0.25, 0.3) is 28.0 Å². The average molecular weight is 341 g/mol. The van der Waals surface area contributed by atoms with E-state index in [9.17, 15) is 0 Å². The highest BCUT2D eigenvalue weighted by Gasteiger charge is 2.19. The van der Waals surface area contributed by atoms with Gasteiger partial charge in [-0.1, -0.05) is 98.0 Å². The van der Waals surface area contributed by atoms with Crippen LogP contribution in [0.15, 0.2) is 66.2 Å². The van der Waals surface area contributed by atoms with Crippen LogP contribution in [0.3, 0.4) is 0 Å². The highest BCUT2D eigenvalue weighted by Crippen LogP contribution is 2.38. The quantitative estimate of drug-likeness (QED) is 0.496. The standard InChI is InChI=1S/C24H24Si/c1-17(16-25(2)3)20-14-19-10-7-13-23(24(19)15-20)22-12-6-9-18-8-4-5-11-21(18)22/h4-13,15-17H,14H2,1-3H3. The van der Waals surface area contributed by atoms with Gasteiger partial charge in [-0.15, -0.1) is 0 Å². The lowest BCUT2D eigenvalue weighted by molar-refractivity contribution is 0.914. The van der Waals surface area contributed by atoms with Gasteiger partial charge < -0.3 is 0 Å². The van der Waals surface area contributed by atoms with Crippen molar-refractivity contribution >= 4 is 30.9 Å². The average Bonchev–Trinajstić information content (AvgIpc) is 3.05. The number of benzene rings is 3. The maximum absolute atomic E-state index is 2.56. The molecule has 0 saturated carbocycles. The summed E-state index contributed by atoms with van der Waals surface area (Å²) in [5, 5.41) is 2.65. The molecule has 4 rings (SSSR count). The first kappa shape index (κ1) is 16.2. The molecule has 0 nitrogen and oxygen atoms in total. The number of fused-ring (bicyclic) bond motifs is 2. The molecule has 1 aliphatic rings. The smallest absolute Gasteiger partial charge is 0.000734 e. The fourth-order valence-corrected chi connectivity index (χ4v) is 5.20. The summed E-state index contributed by atoms with van der Waals surface area (Å²) >= 11 is 0. The molecular formula is C24H24Si. The van der Waals surface area contributed by atoms with Crippen molar-refractivity contribution in [1.29, 1.82) is 0 Å². The molecule has 1 atom stereocenters. The Bertz CT molecular complexity index is 998. The van der Waals surface area contributed by atoms with Gasteiger partial charge in [-0.3, -0.25) is 0 Å². The normalized spacial score (nSPS) is 14.1. The molecule has 1 unspecified atom stereocenters. The van der Waals surface area contributed by atoms with Crippen molar-refractivity contribution in [3.8, 4) is 11.1 Å². The number of hydrogen-bond donors (Lipinski definition) is 0. The molecule has 0 fully saturated rings. The lowest BCUT2D eigenvalue weighted by atomic mass is 9.93. The Kier molecular flexibility index (Phi) is 4.26. The highest BCUT2D eigenvalue weighted by atomic mass is 28.2. The second kappa shape index (κ2) is 6.57. The van der Waals surface area contributed by atoms with Crippen LogP contribution in [0.1, 0.15) is 18.1 Å². The Balaban J connectivity index is 1.86. The zero-order valence-electron chi connectivity index (χ0n) is 15.2. The first-order valence-corrected chi connectivity index (χ1v) is 11.7. The number of hydrogen-bond acceptors (Lipinski definition) is 0. The van der Waals surface area contributed by atoms with Crippen LogP contribution >= 0.6 is 0 Å². The minimum atomic E-state index is -0.313. The van der Waals surface area contributed by atoms with Gasteiger partial charge in [0.05, 0.1) is 0 Å². The van der Waals surface area contributed by atoms with E-state index in [0.29, 0.717) is 5.92 Å². The molecule has 0 bridgehead atoms. The van der Waals surface area contributed by atoms with Crippen molar-refractivity contribution in [3.05, 3.63) is 77.4 Å². The van der Waals surface area contributed by atoms with Gasteiger partial charge in [0.1, 0.15) is 0 Å². The second-order valence-electron chi connectivity index (χ2n) is 7.33. The topological polar surface area (TPSA) is 0 Å². The van der Waals surface area contributed by atoms with Crippen LogP contribution < -0.4 is 0 Å². The summed E-state index contributed by atoms with van der Waals surface area (Å²) in [6, 6.07) is 22.1. The summed E-state index contributed by atoms with van der Waals surface area (Å²) < 4.78 is 0. The van der Waals surface area contributed by atoms with E-state index in [1.807, 2.05) is 0 Å². The first-order valence-electron chi connectivity index (χ1n) is 9.09. The first-order chi connectivity index (χ1) is 12.1. The van der Waals surface area contributed by atoms with Gasteiger partial charge in [-0.2, -0.15) is 0 Å². The Morgan fingerprint density at radius 3 is 2.44 bits per heavy atom. The predicted molar refractivity (Wildman–Crippen MR) is 114 cm³/mol. The molecule has 0 aliphatic heterocycles. The molecule has 0 radical (unpaired) electrons. The van der Waals surface area contributed by atoms with Crippen LogP contribution in [0, 0.1) is 5.92 Å². The van der Waals surface area contributed by atoms with Crippen molar-refractivity contribution in [2.75, 3.05) is 0 Å². The monoisotopic (exact) mass is 340 g/mol. The van der Waals surface area contributed by atoms with E-state index in [0.717, 1.165) is 6.42 Å². The van der Waals surface area contributed by atoms with E-state index < -0.39 is 0 Å². The van der Waals surface area contributed by atoms with Crippen molar-refractivity contribution in [2.24, 2.45) is 5.92 Å². The number of allylic oxidation sites excluding steroid dienone is 1. The maximum Gasteiger partial charge on any atom is -0.000734 e. The molecule has 3 aromatic carbocycles. The summed E-state index contributed by atoms with van der Waals surface area (Å²) in [6.45, 7) is 7.09. The largest absolute Gasteiger partial charge is 0.0972 e. The van der Waals surface area contributed by atoms with Crippen LogP contribution in [0.5, 0.6) is 0 Å². The Morgan fingerprint density at radius 1 is 0.880 bits per heavy atom. The molecule has 0 heterocycles. The van der Waals surface area contributed by atoms with Crippen LogP contribution in [0.4, 0.5) is 0 Å². The van der Waals surface area contributed by atoms with E-state index in [1.54, 1.807) is 5.57 Å². The fraction of sp³-hybridized carbons (Fsp3) is 0.208. The molecule has 0 amide bonds. The molecule has 0 saturated heterocycles. The van der Waals surface area contributed by atoms with E-state index in [2.05, 4.69) is 92.4 Å². The van der Waals surface area contributed by atoms with Crippen molar-refractivity contribution in [1.82, 2.24) is 0 Å². The highest BCUT2D eigenvalue weighted by molar-refractivity contribution is 6.63. The van der Waals surface area contributed by atoms with E-state index >= 15 is 0 Å². The predicted octanol–water partition coefficient (Wildman–Crippen LogP) is 6.22. The molecule has 25 heavy (non-hydrogen) atoms. The molecule has 0 N–H and O–H groups in total. The van der Waals surface area contributed by atoms with Gasteiger partial charge in [-0.25, -0.2) is 0 Å². The Labute approximate surface area is 152 Å². The van der Waals surface area contributed by atoms with Crippen LogP contribution in [-0.4, -0.2) is 14.1 Å². The van der Waals surface area contributed by atoms with Crippen molar-refractivity contribution in [2.45, 2.75) is 26.4 Å². The SMILES string of the molecule is CC(C=[Si](C)C)C1=Cc2c(cccc2-c2cccc3ccccc23)C1. The van der Waals surface area contributed by atoms with Gasteiger partial charge in [0.15, 0.2) is 0 Å². The second-order valence-corrected chi connectivity index (χ2v) is 9.82. The van der Waals surface area contributed by atoms with E-state index in [1.165, 1.54) is 33.0 Å². The van der Waals surface area contributed by atoms with Gasteiger partial charge in [0, 0.05) is 0 Å². The van der Waals surface area contributed by atoms with Crippen LogP contribution in [-0.2, 0) is 6.42 Å². The third-order valence-corrected chi connectivity index (χ3v) is 6.34. The Hall–Kier alpha value is -2.25. The lowest BCUT2D eigenvalue weighted by Gasteiger charge is -2.11. The summed E-state index contributed by atoms with van der Waals surface area (Å²) in [7, 11) is -0.313. The minimum Gasteiger partial charge on any atom is -0.0972 e. The maximum atomic E-state index is 2.56. The zero-order valence-corrected chi connectivity index (χ0v) is 16.2. The summed E-state index contributed by atoms with van der Waals surface area (Å²) in [4.78, 5) is 0. The third kappa shape index (κ3) is 3.05. The molecular weight excluding hydrogens is 316 g/mol. The molecule has 0 spiro atoms. The molecule has 0 aromatic heterocycles. The molecule has 124 valence electrons. The Morgan fingerprint density at radius 2 is 1.60 bits per heavy atom. The molecule has 1 heteroatoms. The van der Waals surface area contributed by atoms with Gasteiger partial charge >= 0.3 is 0 Å². The van der Waals surface area contributed by atoms with Gasteiger partial charge in [0.2, 0.25) is 0 Å². The van der Waals surface area contributed by atoms with E-state index in [-0.39, 0.29) is 8.41 Å². The minimum absolute atomic E-state index is 0.313. The van der Waals surface area contributed by atoms with E-state index in [4.69, 9.17) is 0 Å². The number of rotatable bonds is 3. The fourth-order valence-electron chi connectivity index (χ4n) is 3.99. The summed E-state index contributed by atoms with van der Waals surface area (Å²) in [6.07, 6.45) is 3.55. The lowest BCUT2D eigenvalue weighted by Crippen LogP contribution is -2.06. The third-order valence-electron chi connectivity index (χ3n) is 5.17. The zero-order chi connectivity index (χ0) is 17.4. The summed E-state index contributed by atoms with van der Waals surface area (Å²) in [5.74, 6) is 0.580. The summed E-state index contributed by atoms with van der Waals surface area (Å²) in [5.41, 5.74) is 9.74.